The van der Waals surface area contributed by atoms with Crippen LogP contribution >= 0.6 is 0 Å². The molecular formula is C33H38FN3O. The number of nitrogens with zero attached hydrogens (tertiary/aromatic N) is 2. The minimum Gasteiger partial charge on any atom is -0.352 e. The van der Waals surface area contributed by atoms with Crippen molar-refractivity contribution in [3.63, 3.8) is 0 Å². The third kappa shape index (κ3) is 6.26. The lowest BCUT2D eigenvalue weighted by atomic mass is 9.91. The van der Waals surface area contributed by atoms with E-state index in [0.717, 1.165) is 63.0 Å². The number of rotatable bonds is 5. The molecule has 1 N–H and O–H groups in total. The number of benzene rings is 3. The van der Waals surface area contributed by atoms with Gasteiger partial charge >= 0.3 is 0 Å². The zero-order valence-corrected chi connectivity index (χ0v) is 22.6. The number of hydrogen-bond acceptors (Lipinski definition) is 3. The number of likely N-dealkylation sites (tertiary alicyclic amines) is 2. The van der Waals surface area contributed by atoms with Crippen molar-refractivity contribution >= 4 is 16.7 Å². The molecule has 1 atom stereocenters. The molecule has 198 valence electrons. The molecule has 0 bridgehead atoms. The Hall–Kier alpha value is -3.20. The molecule has 0 spiro atoms. The summed E-state index contributed by atoms with van der Waals surface area (Å²) >= 11 is 0. The van der Waals surface area contributed by atoms with E-state index < -0.39 is 0 Å². The van der Waals surface area contributed by atoms with E-state index in [0.29, 0.717) is 12.5 Å². The van der Waals surface area contributed by atoms with Gasteiger partial charge in [-0.25, -0.2) is 4.39 Å². The summed E-state index contributed by atoms with van der Waals surface area (Å²) in [6.45, 7) is 6.66. The number of halogens is 1. The minimum absolute atomic E-state index is 0.000906. The lowest BCUT2D eigenvalue weighted by molar-refractivity contribution is -0.126. The minimum atomic E-state index is -0.274. The second-order valence-corrected chi connectivity index (χ2v) is 10.9. The number of nitrogens with one attached hydrogen (secondary N) is 1. The standard InChI is InChI=1S/C33H38FN3O/c1-24(37-20-16-28(17-21-37)33(38)35-23-26-6-3-8-29(34)22-26)30-9-5-10-31-27(7-4-11-32(30)31)13-12-25-14-18-36(2)19-15-25/h3-11,22,24-25,28H,14-21,23H2,1-2H3,(H,35,38). The Morgan fingerprint density at radius 1 is 0.974 bits per heavy atom. The maximum atomic E-state index is 13.4. The second kappa shape index (κ2) is 12.1. The van der Waals surface area contributed by atoms with Crippen LogP contribution in [0.5, 0.6) is 0 Å². The molecule has 2 fully saturated rings. The van der Waals surface area contributed by atoms with Gasteiger partial charge in [0.1, 0.15) is 5.82 Å². The molecule has 0 aromatic heterocycles. The van der Waals surface area contributed by atoms with Crippen LogP contribution < -0.4 is 5.32 Å². The third-order valence-corrected chi connectivity index (χ3v) is 8.34. The van der Waals surface area contributed by atoms with E-state index in [4.69, 9.17) is 0 Å². The van der Waals surface area contributed by atoms with Gasteiger partial charge in [0.05, 0.1) is 0 Å². The van der Waals surface area contributed by atoms with Gasteiger partial charge in [0, 0.05) is 30.0 Å². The Morgan fingerprint density at radius 2 is 1.68 bits per heavy atom. The molecule has 5 rings (SSSR count). The average Bonchev–Trinajstić information content (AvgIpc) is 2.95. The van der Waals surface area contributed by atoms with Crippen molar-refractivity contribution in [1.29, 1.82) is 0 Å². The van der Waals surface area contributed by atoms with Crippen molar-refractivity contribution in [1.82, 2.24) is 15.1 Å². The fourth-order valence-electron chi connectivity index (χ4n) is 5.87. The van der Waals surface area contributed by atoms with Gasteiger partial charge in [0.15, 0.2) is 0 Å². The van der Waals surface area contributed by atoms with Gasteiger partial charge in [0.25, 0.3) is 0 Å². The summed E-state index contributed by atoms with van der Waals surface area (Å²) in [6, 6.07) is 19.7. The van der Waals surface area contributed by atoms with Crippen molar-refractivity contribution < 1.29 is 9.18 Å². The van der Waals surface area contributed by atoms with Gasteiger partial charge in [-0.1, -0.05) is 54.3 Å². The predicted octanol–water partition coefficient (Wildman–Crippen LogP) is 5.76. The smallest absolute Gasteiger partial charge is 0.223 e. The van der Waals surface area contributed by atoms with Crippen LogP contribution in [0.15, 0.2) is 60.7 Å². The van der Waals surface area contributed by atoms with Crippen molar-refractivity contribution in [2.45, 2.75) is 45.2 Å². The molecule has 0 radical (unpaired) electrons. The summed E-state index contributed by atoms with van der Waals surface area (Å²) < 4.78 is 13.4. The average molecular weight is 512 g/mol. The van der Waals surface area contributed by atoms with E-state index in [9.17, 15) is 9.18 Å². The quantitative estimate of drug-likeness (QED) is 0.443. The first-order valence-electron chi connectivity index (χ1n) is 14.0. The van der Waals surface area contributed by atoms with Crippen LogP contribution in [0, 0.1) is 29.5 Å². The first kappa shape index (κ1) is 26.4. The summed E-state index contributed by atoms with van der Waals surface area (Å²) in [5, 5.41) is 5.49. The Balaban J connectivity index is 1.22. The highest BCUT2D eigenvalue weighted by atomic mass is 19.1. The maximum Gasteiger partial charge on any atom is 0.223 e. The lowest BCUT2D eigenvalue weighted by Gasteiger charge is -2.36. The van der Waals surface area contributed by atoms with Crippen LogP contribution in [0.4, 0.5) is 4.39 Å². The van der Waals surface area contributed by atoms with Crippen LogP contribution in [0.2, 0.25) is 0 Å². The number of carbonyl (C=O) groups is 1. The summed E-state index contributed by atoms with van der Waals surface area (Å²) in [7, 11) is 2.18. The molecule has 0 saturated carbocycles. The number of hydrogen-bond donors (Lipinski definition) is 1. The first-order valence-corrected chi connectivity index (χ1v) is 14.0. The molecular weight excluding hydrogens is 473 g/mol. The van der Waals surface area contributed by atoms with Crippen LogP contribution in [0.1, 0.15) is 55.3 Å². The zero-order valence-electron chi connectivity index (χ0n) is 22.6. The normalized spacial score (nSPS) is 18.6. The highest BCUT2D eigenvalue weighted by Crippen LogP contribution is 2.32. The molecule has 1 unspecified atom stereocenters. The molecule has 5 heteroatoms. The van der Waals surface area contributed by atoms with E-state index in [1.54, 1.807) is 6.07 Å². The molecule has 4 nitrogen and oxygen atoms in total. The van der Waals surface area contributed by atoms with Crippen LogP contribution in [-0.4, -0.2) is 48.9 Å². The van der Waals surface area contributed by atoms with E-state index in [-0.39, 0.29) is 23.7 Å². The summed E-state index contributed by atoms with van der Waals surface area (Å²) in [5.41, 5.74) is 3.22. The topological polar surface area (TPSA) is 35.6 Å². The van der Waals surface area contributed by atoms with Gasteiger partial charge in [-0.15, -0.1) is 0 Å². The van der Waals surface area contributed by atoms with E-state index >= 15 is 0 Å². The molecule has 3 aromatic rings. The number of amides is 1. The van der Waals surface area contributed by atoms with Crippen LogP contribution in [0.25, 0.3) is 10.8 Å². The van der Waals surface area contributed by atoms with E-state index in [1.807, 2.05) is 6.07 Å². The van der Waals surface area contributed by atoms with Crippen molar-refractivity contribution in [2.24, 2.45) is 11.8 Å². The van der Waals surface area contributed by atoms with Crippen LogP contribution in [-0.2, 0) is 11.3 Å². The highest BCUT2D eigenvalue weighted by Gasteiger charge is 2.28. The Labute approximate surface area is 226 Å². The Bertz CT molecular complexity index is 1330. The fraction of sp³-hybridized carbons (Fsp3) is 0.424. The SMILES string of the molecule is CC(c1cccc2c(C#CC3CCN(C)CC3)cccc12)N1CCC(C(=O)NCc2cccc(F)c2)CC1. The third-order valence-electron chi connectivity index (χ3n) is 8.34. The van der Waals surface area contributed by atoms with Gasteiger partial charge in [-0.05, 0) is 106 Å². The zero-order chi connectivity index (χ0) is 26.5. The molecule has 0 aliphatic carbocycles. The summed E-state index contributed by atoms with van der Waals surface area (Å²) in [6.07, 6.45) is 3.96. The Morgan fingerprint density at radius 3 is 2.45 bits per heavy atom. The van der Waals surface area contributed by atoms with Crippen LogP contribution in [0.3, 0.4) is 0 Å². The number of carbonyl (C=O) groups excluding carboxylic acids is 1. The van der Waals surface area contributed by atoms with E-state index in [1.165, 1.54) is 28.5 Å². The lowest BCUT2D eigenvalue weighted by Crippen LogP contribution is -2.41. The molecule has 3 aromatic carbocycles. The number of fused-ring (bicyclic) bond motifs is 1. The molecule has 2 heterocycles. The fourth-order valence-corrected chi connectivity index (χ4v) is 5.87. The van der Waals surface area contributed by atoms with Crippen molar-refractivity contribution in [3.8, 4) is 11.8 Å². The monoisotopic (exact) mass is 511 g/mol. The van der Waals surface area contributed by atoms with Gasteiger partial charge in [0.2, 0.25) is 5.91 Å². The molecule has 1 amide bonds. The van der Waals surface area contributed by atoms with Crippen molar-refractivity contribution in [2.75, 3.05) is 33.2 Å². The van der Waals surface area contributed by atoms with Gasteiger partial charge in [-0.2, -0.15) is 0 Å². The highest BCUT2D eigenvalue weighted by molar-refractivity contribution is 5.91. The maximum absolute atomic E-state index is 13.4. The summed E-state index contributed by atoms with van der Waals surface area (Å²) in [5.74, 6) is 7.35. The molecule has 38 heavy (non-hydrogen) atoms. The molecule has 2 aliphatic rings. The largest absolute Gasteiger partial charge is 0.352 e. The first-order chi connectivity index (χ1) is 18.5. The predicted molar refractivity (Wildman–Crippen MR) is 152 cm³/mol. The van der Waals surface area contributed by atoms with Gasteiger partial charge < -0.3 is 10.2 Å². The Kier molecular flexibility index (Phi) is 8.42. The molecule has 2 aliphatic heterocycles. The second-order valence-electron chi connectivity index (χ2n) is 10.9. The summed E-state index contributed by atoms with van der Waals surface area (Å²) in [4.78, 5) is 17.6. The van der Waals surface area contributed by atoms with E-state index in [2.05, 4.69) is 77.3 Å². The molecule has 2 saturated heterocycles. The number of piperidine rings is 2. The van der Waals surface area contributed by atoms with Gasteiger partial charge in [-0.3, -0.25) is 9.69 Å². The van der Waals surface area contributed by atoms with Crippen molar-refractivity contribution in [3.05, 3.63) is 83.2 Å².